The van der Waals surface area contributed by atoms with Crippen LogP contribution in [0.3, 0.4) is 0 Å². The number of aromatic amines is 1. The lowest BCUT2D eigenvalue weighted by atomic mass is 10.1. The lowest BCUT2D eigenvalue weighted by Gasteiger charge is -2.36. The molecular formula is C19H21N5O. The number of urea groups is 1. The van der Waals surface area contributed by atoms with E-state index in [0.29, 0.717) is 13.1 Å². The molecule has 0 bridgehead atoms. The monoisotopic (exact) mass is 335 g/mol. The van der Waals surface area contributed by atoms with Gasteiger partial charge in [0.2, 0.25) is 0 Å². The molecule has 2 heterocycles. The number of aromatic nitrogens is 2. The molecule has 1 aromatic heterocycles. The minimum Gasteiger partial charge on any atom is -0.368 e. The van der Waals surface area contributed by atoms with Crippen molar-refractivity contribution in [3.8, 4) is 0 Å². The second kappa shape index (κ2) is 6.47. The Labute approximate surface area is 146 Å². The number of piperazine rings is 1. The number of aryl methyl sites for hydroxylation is 1. The van der Waals surface area contributed by atoms with Crippen LogP contribution in [-0.2, 0) is 0 Å². The van der Waals surface area contributed by atoms with Gasteiger partial charge in [0.05, 0.1) is 11.7 Å². The third kappa shape index (κ3) is 3.15. The van der Waals surface area contributed by atoms with Gasteiger partial charge in [0.1, 0.15) is 0 Å². The van der Waals surface area contributed by atoms with Crippen LogP contribution in [0.4, 0.5) is 16.2 Å². The maximum absolute atomic E-state index is 12.5. The number of carbonyl (C=O) groups is 1. The number of nitrogens with one attached hydrogen (secondary N) is 2. The average Bonchev–Trinajstić information content (AvgIpc) is 3.10. The number of fused-ring (bicyclic) bond motifs is 1. The van der Waals surface area contributed by atoms with Gasteiger partial charge in [-0.15, -0.1) is 0 Å². The highest BCUT2D eigenvalue weighted by molar-refractivity contribution is 5.92. The first kappa shape index (κ1) is 15.5. The molecule has 0 saturated carbocycles. The highest BCUT2D eigenvalue weighted by Crippen LogP contribution is 2.21. The van der Waals surface area contributed by atoms with Crippen LogP contribution >= 0.6 is 0 Å². The predicted molar refractivity (Wildman–Crippen MR) is 100 cm³/mol. The summed E-state index contributed by atoms with van der Waals surface area (Å²) in [6, 6.07) is 14.1. The molecule has 1 saturated heterocycles. The number of nitrogens with zero attached hydrogens (tertiary/aromatic N) is 3. The van der Waals surface area contributed by atoms with Crippen LogP contribution in [0.2, 0.25) is 0 Å². The first-order valence-electron chi connectivity index (χ1n) is 8.50. The van der Waals surface area contributed by atoms with Gasteiger partial charge in [-0.05, 0) is 36.8 Å². The molecule has 0 atom stereocenters. The molecule has 1 fully saturated rings. The van der Waals surface area contributed by atoms with Gasteiger partial charge in [-0.1, -0.05) is 18.2 Å². The van der Waals surface area contributed by atoms with Gasteiger partial charge >= 0.3 is 6.03 Å². The predicted octanol–water partition coefficient (Wildman–Crippen LogP) is 3.23. The van der Waals surface area contributed by atoms with Crippen LogP contribution in [0.5, 0.6) is 0 Å². The summed E-state index contributed by atoms with van der Waals surface area (Å²) < 4.78 is 0. The van der Waals surface area contributed by atoms with Crippen LogP contribution in [-0.4, -0.2) is 47.3 Å². The number of anilines is 2. The summed E-state index contributed by atoms with van der Waals surface area (Å²) in [6.45, 7) is 5.24. The van der Waals surface area contributed by atoms with E-state index in [9.17, 15) is 4.79 Å². The van der Waals surface area contributed by atoms with E-state index in [-0.39, 0.29) is 6.03 Å². The molecule has 1 aliphatic rings. The van der Waals surface area contributed by atoms with Crippen molar-refractivity contribution in [2.45, 2.75) is 6.92 Å². The fourth-order valence-corrected chi connectivity index (χ4v) is 3.29. The molecular weight excluding hydrogens is 314 g/mol. The Morgan fingerprint density at radius 3 is 2.72 bits per heavy atom. The van der Waals surface area contributed by atoms with Crippen molar-refractivity contribution in [3.05, 3.63) is 54.2 Å². The van der Waals surface area contributed by atoms with E-state index in [1.165, 1.54) is 11.3 Å². The van der Waals surface area contributed by atoms with Gasteiger partial charge in [-0.2, -0.15) is 5.10 Å². The summed E-state index contributed by atoms with van der Waals surface area (Å²) >= 11 is 0. The van der Waals surface area contributed by atoms with Crippen molar-refractivity contribution in [1.29, 1.82) is 0 Å². The second-order valence-electron chi connectivity index (χ2n) is 6.36. The number of carbonyl (C=O) groups excluding carboxylic acids is 1. The molecule has 4 rings (SSSR count). The third-order valence-corrected chi connectivity index (χ3v) is 4.72. The zero-order valence-electron chi connectivity index (χ0n) is 14.2. The molecule has 128 valence electrons. The van der Waals surface area contributed by atoms with E-state index in [4.69, 9.17) is 0 Å². The van der Waals surface area contributed by atoms with E-state index in [1.807, 2.05) is 23.1 Å². The molecule has 0 radical (unpaired) electrons. The zero-order valence-corrected chi connectivity index (χ0v) is 14.2. The second-order valence-corrected chi connectivity index (χ2v) is 6.36. The molecule has 3 aromatic rings. The van der Waals surface area contributed by atoms with Gasteiger partial charge < -0.3 is 15.1 Å². The molecule has 0 spiro atoms. The summed E-state index contributed by atoms with van der Waals surface area (Å²) in [5.74, 6) is 0. The minimum absolute atomic E-state index is 0.0525. The van der Waals surface area contributed by atoms with Gasteiger partial charge in [0.25, 0.3) is 0 Å². The lowest BCUT2D eigenvalue weighted by Crippen LogP contribution is -2.50. The summed E-state index contributed by atoms with van der Waals surface area (Å²) in [4.78, 5) is 16.7. The molecule has 6 heteroatoms. The Balaban J connectivity index is 1.38. The Hall–Kier alpha value is -3.02. The molecule has 2 aromatic carbocycles. The first-order valence-corrected chi connectivity index (χ1v) is 8.50. The number of para-hydroxylation sites is 1. The third-order valence-electron chi connectivity index (χ3n) is 4.72. The van der Waals surface area contributed by atoms with Crippen molar-refractivity contribution in [1.82, 2.24) is 15.1 Å². The van der Waals surface area contributed by atoms with Crippen molar-refractivity contribution in [2.24, 2.45) is 0 Å². The Morgan fingerprint density at radius 1 is 1.12 bits per heavy atom. The molecule has 2 amide bonds. The fourth-order valence-electron chi connectivity index (χ4n) is 3.29. The standard InChI is InChI=1S/C19H21N5O/c1-14-4-2-3-5-18(14)23-8-10-24(11-9-23)19(25)21-16-7-6-15-13-20-22-17(15)12-16/h2-7,12-13H,8-11H2,1H3,(H,20,22)(H,21,25). The SMILES string of the molecule is Cc1ccccc1N1CCN(C(=O)Nc2ccc3cn[nH]c3c2)CC1. The summed E-state index contributed by atoms with van der Waals surface area (Å²) in [5.41, 5.74) is 4.23. The highest BCUT2D eigenvalue weighted by atomic mass is 16.2. The maximum Gasteiger partial charge on any atom is 0.321 e. The van der Waals surface area contributed by atoms with Crippen molar-refractivity contribution in [2.75, 3.05) is 36.4 Å². The van der Waals surface area contributed by atoms with Crippen LogP contribution in [0.25, 0.3) is 10.9 Å². The number of benzene rings is 2. The fraction of sp³-hybridized carbons (Fsp3) is 0.263. The Kier molecular flexibility index (Phi) is 4.01. The minimum atomic E-state index is -0.0525. The van der Waals surface area contributed by atoms with Crippen LogP contribution in [0.15, 0.2) is 48.7 Å². The number of H-pyrrole nitrogens is 1. The Morgan fingerprint density at radius 2 is 1.92 bits per heavy atom. The van der Waals surface area contributed by atoms with Crippen LogP contribution in [0.1, 0.15) is 5.56 Å². The topological polar surface area (TPSA) is 64.3 Å². The largest absolute Gasteiger partial charge is 0.368 e. The van der Waals surface area contributed by atoms with E-state index in [2.05, 4.69) is 51.6 Å². The lowest BCUT2D eigenvalue weighted by molar-refractivity contribution is 0.208. The van der Waals surface area contributed by atoms with E-state index < -0.39 is 0 Å². The number of hydrogen-bond acceptors (Lipinski definition) is 3. The van der Waals surface area contributed by atoms with Crippen LogP contribution < -0.4 is 10.2 Å². The van der Waals surface area contributed by atoms with Crippen molar-refractivity contribution < 1.29 is 4.79 Å². The quantitative estimate of drug-likeness (QED) is 0.756. The van der Waals surface area contributed by atoms with E-state index in [1.54, 1.807) is 6.20 Å². The van der Waals surface area contributed by atoms with Crippen molar-refractivity contribution >= 4 is 28.3 Å². The molecule has 0 unspecified atom stereocenters. The highest BCUT2D eigenvalue weighted by Gasteiger charge is 2.22. The van der Waals surface area contributed by atoms with Gasteiger partial charge in [-0.3, -0.25) is 5.10 Å². The summed E-state index contributed by atoms with van der Waals surface area (Å²) in [7, 11) is 0. The summed E-state index contributed by atoms with van der Waals surface area (Å²) in [6.07, 6.45) is 1.77. The first-order chi connectivity index (χ1) is 12.2. The number of rotatable bonds is 2. The normalized spacial score (nSPS) is 14.8. The number of hydrogen-bond donors (Lipinski definition) is 2. The molecule has 0 aliphatic carbocycles. The van der Waals surface area contributed by atoms with Gasteiger partial charge in [0, 0.05) is 42.9 Å². The van der Waals surface area contributed by atoms with Gasteiger partial charge in [0.15, 0.2) is 0 Å². The Bertz CT molecular complexity index is 895. The van der Waals surface area contributed by atoms with Crippen molar-refractivity contribution in [3.63, 3.8) is 0 Å². The van der Waals surface area contributed by atoms with Crippen LogP contribution in [0, 0.1) is 6.92 Å². The smallest absolute Gasteiger partial charge is 0.321 e. The average molecular weight is 335 g/mol. The summed E-state index contributed by atoms with van der Waals surface area (Å²) in [5, 5.41) is 10.9. The van der Waals surface area contributed by atoms with E-state index >= 15 is 0 Å². The molecule has 6 nitrogen and oxygen atoms in total. The van der Waals surface area contributed by atoms with Gasteiger partial charge in [-0.25, -0.2) is 4.79 Å². The molecule has 2 N–H and O–H groups in total. The van der Waals surface area contributed by atoms with E-state index in [0.717, 1.165) is 29.7 Å². The molecule has 1 aliphatic heterocycles. The molecule has 25 heavy (non-hydrogen) atoms. The zero-order chi connectivity index (χ0) is 17.2. The number of amides is 2. The maximum atomic E-state index is 12.5.